The summed E-state index contributed by atoms with van der Waals surface area (Å²) in [4.78, 5) is 95.0. The van der Waals surface area contributed by atoms with E-state index < -0.39 is 29.7 Å². The van der Waals surface area contributed by atoms with E-state index in [1.807, 2.05) is 72.5 Å². The molecule has 1 unspecified atom stereocenters. The molecule has 4 N–H and O–H groups in total. The minimum atomic E-state index is -0.990. The number of carbonyl (C=O) groups is 6. The molecule has 19 nitrogen and oxygen atoms in total. The monoisotopic (exact) mass is 1040 g/mol. The van der Waals surface area contributed by atoms with Crippen molar-refractivity contribution in [3.05, 3.63) is 125 Å². The second-order valence-electron chi connectivity index (χ2n) is 19.1. The molecule has 19 heteroatoms. The van der Waals surface area contributed by atoms with Crippen LogP contribution in [0.5, 0.6) is 0 Å². The van der Waals surface area contributed by atoms with E-state index >= 15 is 0 Å². The first-order valence-corrected chi connectivity index (χ1v) is 26.4. The van der Waals surface area contributed by atoms with Crippen molar-refractivity contribution in [2.75, 3.05) is 88.3 Å². The standard InChI is InChI=1S/C57H68N10O9/c1-40-15-20-44(37-48(40)63-57-60-26-23-46(62-57)43-11-10-24-58-38-43)61-53(70)42-18-16-41(17-19-42)39-65-27-29-66(30-28-65)51(69)14-5-4-8-32-75-34-36-76-35-33-74-31-7-3-2-6-25-59-47-13-9-12-45-52(47)56(73)67(55(45)72)49-21-22-50(68)64-54(49)71/h9-13,15-20,23-24,26,37-38,49,59H,2-8,14,21-22,25,27-36,39H2,1H3,(H,61,70)(H,60,62,63)(H,64,68,71). The van der Waals surface area contributed by atoms with E-state index in [1.165, 1.54) is 0 Å². The summed E-state index contributed by atoms with van der Waals surface area (Å²) in [6.45, 7) is 9.66. The first kappa shape index (κ1) is 54.8. The topological polar surface area (TPSA) is 227 Å². The average molecular weight is 1040 g/mol. The molecule has 8 rings (SSSR count). The maximum atomic E-state index is 13.3. The van der Waals surface area contributed by atoms with Gasteiger partial charge in [-0.05, 0) is 105 Å². The molecule has 0 bridgehead atoms. The Labute approximate surface area is 443 Å². The molecule has 1 atom stereocenters. The van der Waals surface area contributed by atoms with E-state index in [1.54, 1.807) is 36.8 Å². The lowest BCUT2D eigenvalue weighted by Crippen LogP contribution is -2.54. The fourth-order valence-electron chi connectivity index (χ4n) is 9.35. The number of ether oxygens (including phenoxy) is 3. The number of fused-ring (bicyclic) bond motifs is 1. The number of benzene rings is 3. The summed E-state index contributed by atoms with van der Waals surface area (Å²) in [7, 11) is 0. The third-order valence-corrected chi connectivity index (χ3v) is 13.6. The third kappa shape index (κ3) is 15.3. The number of aryl methyl sites for hydroxylation is 1. The maximum absolute atomic E-state index is 13.3. The molecule has 400 valence electrons. The van der Waals surface area contributed by atoms with Crippen molar-refractivity contribution in [2.24, 2.45) is 0 Å². The lowest BCUT2D eigenvalue weighted by Gasteiger charge is -2.35. The lowest BCUT2D eigenvalue weighted by molar-refractivity contribution is -0.136. The number of piperidine rings is 1. The first-order chi connectivity index (χ1) is 37.1. The predicted molar refractivity (Wildman–Crippen MR) is 287 cm³/mol. The molecular formula is C57H68N10O9. The van der Waals surface area contributed by atoms with Crippen molar-refractivity contribution in [1.82, 2.24) is 35.0 Å². The number of anilines is 4. The summed E-state index contributed by atoms with van der Waals surface area (Å²) in [5.74, 6) is -1.61. The molecule has 5 heterocycles. The van der Waals surface area contributed by atoms with Gasteiger partial charge in [-0.15, -0.1) is 0 Å². The van der Waals surface area contributed by atoms with Crippen molar-refractivity contribution in [2.45, 2.75) is 83.7 Å². The minimum absolute atomic E-state index is 0.0795. The molecule has 5 aromatic rings. The zero-order chi connectivity index (χ0) is 53.1. The Kier molecular flexibility index (Phi) is 20.1. The van der Waals surface area contributed by atoms with Crippen LogP contribution >= 0.6 is 0 Å². The molecule has 2 saturated heterocycles. The number of rotatable bonds is 28. The number of nitrogens with zero attached hydrogens (tertiary/aromatic N) is 6. The van der Waals surface area contributed by atoms with Gasteiger partial charge in [0.25, 0.3) is 17.7 Å². The number of carbonyl (C=O) groups excluding carboxylic acids is 6. The molecule has 0 radical (unpaired) electrons. The fraction of sp³-hybridized carbons (Fsp3) is 0.421. The van der Waals surface area contributed by atoms with Gasteiger partial charge in [0.1, 0.15) is 6.04 Å². The summed E-state index contributed by atoms with van der Waals surface area (Å²) in [5, 5.41) is 11.8. The van der Waals surface area contributed by atoms with Crippen LogP contribution in [0.4, 0.5) is 23.0 Å². The number of nitrogens with one attached hydrogen (secondary N) is 4. The highest BCUT2D eigenvalue weighted by Crippen LogP contribution is 2.33. The SMILES string of the molecule is Cc1ccc(NC(=O)c2ccc(CN3CCN(C(=O)CCCCCOCCOCCOCCCCCCNc4cccc5c4C(=O)N(C4CCC(=O)NC4=O)C5=O)CC3)cc2)cc1Nc1nccc(-c2cccnc2)n1. The largest absolute Gasteiger partial charge is 0.384 e. The number of amides is 6. The van der Waals surface area contributed by atoms with E-state index in [0.717, 1.165) is 97.6 Å². The van der Waals surface area contributed by atoms with Crippen LogP contribution in [-0.4, -0.2) is 144 Å². The first-order valence-electron chi connectivity index (χ1n) is 26.4. The average Bonchev–Trinajstić information content (AvgIpc) is 3.69. The number of hydrogen-bond donors (Lipinski definition) is 4. The van der Waals surface area contributed by atoms with Gasteiger partial charge < -0.3 is 35.1 Å². The van der Waals surface area contributed by atoms with E-state index in [9.17, 15) is 28.8 Å². The van der Waals surface area contributed by atoms with Gasteiger partial charge in [0.05, 0.1) is 43.2 Å². The van der Waals surface area contributed by atoms with E-state index in [-0.39, 0.29) is 35.8 Å². The Hall–Kier alpha value is -7.45. The van der Waals surface area contributed by atoms with Gasteiger partial charge >= 0.3 is 0 Å². The fourth-order valence-corrected chi connectivity index (χ4v) is 9.35. The molecule has 2 fully saturated rings. The molecule has 0 spiro atoms. The van der Waals surface area contributed by atoms with Gasteiger partial charge in [-0.3, -0.25) is 48.9 Å². The van der Waals surface area contributed by atoms with Crippen molar-refractivity contribution in [3.63, 3.8) is 0 Å². The molecule has 0 saturated carbocycles. The summed E-state index contributed by atoms with van der Waals surface area (Å²) in [6.07, 6.45) is 12.3. The Bertz CT molecular complexity index is 2790. The van der Waals surface area contributed by atoms with Crippen LogP contribution in [0.25, 0.3) is 11.3 Å². The number of imide groups is 2. The quantitative estimate of drug-likeness (QED) is 0.0288. The zero-order valence-corrected chi connectivity index (χ0v) is 43.2. The normalized spacial score (nSPS) is 15.7. The minimum Gasteiger partial charge on any atom is -0.384 e. The van der Waals surface area contributed by atoms with E-state index in [2.05, 4.69) is 41.1 Å². The van der Waals surface area contributed by atoms with Crippen LogP contribution < -0.4 is 21.3 Å². The molecule has 3 aliphatic rings. The Morgan fingerprint density at radius 1 is 0.737 bits per heavy atom. The van der Waals surface area contributed by atoms with Gasteiger partial charge in [-0.1, -0.05) is 43.5 Å². The van der Waals surface area contributed by atoms with Crippen molar-refractivity contribution in [3.8, 4) is 11.3 Å². The molecular weight excluding hydrogens is 969 g/mol. The molecule has 2 aromatic heterocycles. The molecule has 3 aliphatic heterocycles. The van der Waals surface area contributed by atoms with Gasteiger partial charge in [0.15, 0.2) is 0 Å². The van der Waals surface area contributed by atoms with E-state index in [4.69, 9.17) is 14.2 Å². The van der Waals surface area contributed by atoms with Gasteiger partial charge in [-0.2, -0.15) is 0 Å². The molecule has 0 aliphatic carbocycles. The van der Waals surface area contributed by atoms with Crippen LogP contribution in [0.2, 0.25) is 0 Å². The van der Waals surface area contributed by atoms with Crippen molar-refractivity contribution < 1.29 is 43.0 Å². The summed E-state index contributed by atoms with van der Waals surface area (Å²) < 4.78 is 17.1. The highest BCUT2D eigenvalue weighted by molar-refractivity contribution is 6.25. The Morgan fingerprint density at radius 3 is 2.21 bits per heavy atom. The number of hydrogen-bond acceptors (Lipinski definition) is 15. The Morgan fingerprint density at radius 2 is 1.47 bits per heavy atom. The van der Waals surface area contributed by atoms with Crippen LogP contribution in [0.3, 0.4) is 0 Å². The Balaban J connectivity index is 0.599. The molecule has 76 heavy (non-hydrogen) atoms. The third-order valence-electron chi connectivity index (χ3n) is 13.6. The molecule has 6 amide bonds. The number of pyridine rings is 1. The van der Waals surface area contributed by atoms with Crippen molar-refractivity contribution >= 4 is 58.5 Å². The smallest absolute Gasteiger partial charge is 0.264 e. The lowest BCUT2D eigenvalue weighted by atomic mass is 10.0. The van der Waals surface area contributed by atoms with E-state index in [0.29, 0.717) is 88.6 Å². The summed E-state index contributed by atoms with van der Waals surface area (Å²) >= 11 is 0. The van der Waals surface area contributed by atoms with Gasteiger partial charge in [-0.25, -0.2) is 9.97 Å². The number of unbranched alkanes of at least 4 members (excludes halogenated alkanes) is 5. The predicted octanol–water partition coefficient (Wildman–Crippen LogP) is 7.17. The van der Waals surface area contributed by atoms with Crippen LogP contribution in [-0.2, 0) is 35.1 Å². The second kappa shape index (κ2) is 27.9. The van der Waals surface area contributed by atoms with Crippen molar-refractivity contribution in [1.29, 1.82) is 0 Å². The second-order valence-corrected chi connectivity index (χ2v) is 19.1. The number of piperazine rings is 1. The summed E-state index contributed by atoms with van der Waals surface area (Å²) in [5.41, 5.74) is 6.83. The number of aromatic nitrogens is 3. The molecule has 3 aromatic carbocycles. The maximum Gasteiger partial charge on any atom is 0.264 e. The zero-order valence-electron chi connectivity index (χ0n) is 43.2. The van der Waals surface area contributed by atoms with Gasteiger partial charge in [0, 0.05) is 112 Å². The highest BCUT2D eigenvalue weighted by atomic mass is 16.5. The highest BCUT2D eigenvalue weighted by Gasteiger charge is 2.45. The van der Waals surface area contributed by atoms with Crippen LogP contribution in [0, 0.1) is 6.92 Å². The van der Waals surface area contributed by atoms with Crippen LogP contribution in [0.15, 0.2) is 97.5 Å². The summed E-state index contributed by atoms with van der Waals surface area (Å²) in [6, 6.07) is 23.1. The van der Waals surface area contributed by atoms with Gasteiger partial charge in [0.2, 0.25) is 23.7 Å². The van der Waals surface area contributed by atoms with Crippen LogP contribution in [0.1, 0.15) is 106 Å².